The minimum atomic E-state index is 0.502. The smallest absolute Gasteiger partial charge is 0.148 e. The summed E-state index contributed by atoms with van der Waals surface area (Å²) < 4.78 is 0. The van der Waals surface area contributed by atoms with E-state index in [0.717, 1.165) is 29.5 Å². The highest BCUT2D eigenvalue weighted by atomic mass is 32.1. The van der Waals surface area contributed by atoms with E-state index in [1.807, 2.05) is 23.6 Å². The van der Waals surface area contributed by atoms with E-state index in [-0.39, 0.29) is 0 Å². The van der Waals surface area contributed by atoms with Gasteiger partial charge >= 0.3 is 0 Å². The number of hydrogen-bond acceptors (Lipinski definition) is 5. The van der Waals surface area contributed by atoms with Crippen LogP contribution >= 0.6 is 11.3 Å². The van der Waals surface area contributed by atoms with Crippen molar-refractivity contribution in [2.75, 3.05) is 18.4 Å². The molecule has 0 saturated carbocycles. The summed E-state index contributed by atoms with van der Waals surface area (Å²) in [6, 6.07) is 8.57. The standard InChI is InChI=1S/C11H12N4S/c1-2-10(16-5-1)9-3-4-11(15-14-9)13-8-6-12-7-8/h1-5,8,12H,6-7H2,(H,13,15). The molecule has 4 nitrogen and oxygen atoms in total. The van der Waals surface area contributed by atoms with Gasteiger partial charge in [0, 0.05) is 13.1 Å². The maximum Gasteiger partial charge on any atom is 0.148 e. The van der Waals surface area contributed by atoms with Gasteiger partial charge in [0.15, 0.2) is 0 Å². The Morgan fingerprint density at radius 2 is 2.19 bits per heavy atom. The lowest BCUT2D eigenvalue weighted by atomic mass is 10.2. The number of nitrogens with zero attached hydrogens (tertiary/aromatic N) is 2. The van der Waals surface area contributed by atoms with Gasteiger partial charge in [-0.1, -0.05) is 6.07 Å². The zero-order chi connectivity index (χ0) is 10.8. The van der Waals surface area contributed by atoms with Gasteiger partial charge < -0.3 is 10.6 Å². The lowest BCUT2D eigenvalue weighted by Gasteiger charge is -2.28. The average Bonchev–Trinajstić information content (AvgIpc) is 2.78. The van der Waals surface area contributed by atoms with E-state index in [4.69, 9.17) is 0 Å². The Kier molecular flexibility index (Phi) is 2.55. The molecule has 0 atom stereocenters. The molecule has 5 heteroatoms. The van der Waals surface area contributed by atoms with Crippen LogP contribution in [0.1, 0.15) is 0 Å². The van der Waals surface area contributed by atoms with E-state index >= 15 is 0 Å². The monoisotopic (exact) mass is 232 g/mol. The van der Waals surface area contributed by atoms with Crippen LogP contribution in [0.15, 0.2) is 29.6 Å². The fourth-order valence-corrected chi connectivity index (χ4v) is 2.26. The second-order valence-electron chi connectivity index (χ2n) is 3.78. The van der Waals surface area contributed by atoms with Crippen molar-refractivity contribution in [1.82, 2.24) is 15.5 Å². The molecule has 0 aromatic carbocycles. The van der Waals surface area contributed by atoms with Crippen LogP contribution in [0.5, 0.6) is 0 Å². The predicted octanol–water partition coefficient (Wildman–Crippen LogP) is 1.59. The lowest BCUT2D eigenvalue weighted by molar-refractivity contribution is 0.470. The SMILES string of the molecule is c1csc(-c2ccc(NC3CNC3)nn2)c1. The van der Waals surface area contributed by atoms with E-state index in [1.165, 1.54) is 0 Å². The summed E-state index contributed by atoms with van der Waals surface area (Å²) in [5.41, 5.74) is 0.937. The molecule has 0 amide bonds. The first kappa shape index (κ1) is 9.74. The minimum Gasteiger partial charge on any atom is -0.363 e. The molecule has 0 radical (unpaired) electrons. The first-order valence-corrected chi connectivity index (χ1v) is 6.14. The fourth-order valence-electron chi connectivity index (χ4n) is 1.56. The van der Waals surface area contributed by atoms with Crippen LogP contribution in [0.2, 0.25) is 0 Å². The van der Waals surface area contributed by atoms with Crippen LogP contribution in [-0.2, 0) is 0 Å². The van der Waals surface area contributed by atoms with Crippen LogP contribution in [0.4, 0.5) is 5.82 Å². The third-order valence-corrected chi connectivity index (χ3v) is 3.46. The van der Waals surface area contributed by atoms with Gasteiger partial charge in [0.1, 0.15) is 11.5 Å². The largest absolute Gasteiger partial charge is 0.363 e. The van der Waals surface area contributed by atoms with Crippen LogP contribution in [0.25, 0.3) is 10.6 Å². The number of nitrogens with one attached hydrogen (secondary N) is 2. The van der Waals surface area contributed by atoms with Crippen LogP contribution in [0, 0.1) is 0 Å². The highest BCUT2D eigenvalue weighted by molar-refractivity contribution is 7.13. The van der Waals surface area contributed by atoms with Crippen molar-refractivity contribution in [2.24, 2.45) is 0 Å². The Morgan fingerprint density at radius 1 is 1.25 bits per heavy atom. The zero-order valence-electron chi connectivity index (χ0n) is 8.68. The Hall–Kier alpha value is -1.46. The highest BCUT2D eigenvalue weighted by Crippen LogP contribution is 2.22. The molecule has 1 saturated heterocycles. The van der Waals surface area contributed by atoms with Crippen molar-refractivity contribution in [2.45, 2.75) is 6.04 Å². The summed E-state index contributed by atoms with van der Waals surface area (Å²) >= 11 is 1.68. The number of rotatable bonds is 3. The summed E-state index contributed by atoms with van der Waals surface area (Å²) in [5, 5.41) is 17.0. The molecule has 3 rings (SSSR count). The minimum absolute atomic E-state index is 0.502. The molecule has 0 unspecified atom stereocenters. The molecule has 82 valence electrons. The van der Waals surface area contributed by atoms with Gasteiger partial charge in [0.05, 0.1) is 10.9 Å². The zero-order valence-corrected chi connectivity index (χ0v) is 9.50. The Morgan fingerprint density at radius 3 is 2.75 bits per heavy atom. The Labute approximate surface area is 97.7 Å². The van der Waals surface area contributed by atoms with E-state index in [1.54, 1.807) is 11.3 Å². The summed E-state index contributed by atoms with van der Waals surface area (Å²) in [4.78, 5) is 1.16. The topological polar surface area (TPSA) is 49.8 Å². The molecular formula is C11H12N4S. The van der Waals surface area contributed by atoms with Gasteiger partial charge in [-0.2, -0.15) is 0 Å². The average molecular weight is 232 g/mol. The van der Waals surface area contributed by atoms with Crippen molar-refractivity contribution in [3.05, 3.63) is 29.6 Å². The van der Waals surface area contributed by atoms with E-state index in [0.29, 0.717) is 6.04 Å². The fraction of sp³-hybridized carbons (Fsp3) is 0.273. The Balaban J connectivity index is 1.74. The van der Waals surface area contributed by atoms with Crippen molar-refractivity contribution >= 4 is 17.2 Å². The summed E-state index contributed by atoms with van der Waals surface area (Å²) in [6.07, 6.45) is 0. The van der Waals surface area contributed by atoms with Gasteiger partial charge in [0.2, 0.25) is 0 Å². The molecule has 0 bridgehead atoms. The summed E-state index contributed by atoms with van der Waals surface area (Å²) in [5.74, 6) is 0.854. The second-order valence-corrected chi connectivity index (χ2v) is 4.73. The van der Waals surface area contributed by atoms with Crippen molar-refractivity contribution < 1.29 is 0 Å². The summed E-state index contributed by atoms with van der Waals surface area (Å²) in [6.45, 7) is 2.02. The quantitative estimate of drug-likeness (QED) is 0.843. The Bertz CT molecular complexity index is 447. The molecule has 2 aromatic rings. The van der Waals surface area contributed by atoms with Gasteiger partial charge in [-0.25, -0.2) is 0 Å². The molecule has 1 aliphatic rings. The molecule has 0 aliphatic carbocycles. The van der Waals surface area contributed by atoms with Crippen LogP contribution in [0.3, 0.4) is 0 Å². The maximum atomic E-state index is 4.21. The molecule has 1 fully saturated rings. The van der Waals surface area contributed by atoms with E-state index in [9.17, 15) is 0 Å². The van der Waals surface area contributed by atoms with Gasteiger partial charge in [-0.15, -0.1) is 21.5 Å². The number of anilines is 1. The van der Waals surface area contributed by atoms with Gasteiger partial charge in [-0.05, 0) is 23.6 Å². The van der Waals surface area contributed by atoms with Crippen LogP contribution < -0.4 is 10.6 Å². The van der Waals surface area contributed by atoms with Gasteiger partial charge in [0.25, 0.3) is 0 Å². The molecule has 16 heavy (non-hydrogen) atoms. The lowest BCUT2D eigenvalue weighted by Crippen LogP contribution is -2.51. The first-order chi connectivity index (χ1) is 7.92. The third-order valence-electron chi connectivity index (χ3n) is 2.57. The molecule has 2 aromatic heterocycles. The molecular weight excluding hydrogens is 220 g/mol. The van der Waals surface area contributed by atoms with Crippen molar-refractivity contribution in [3.8, 4) is 10.6 Å². The molecule has 1 aliphatic heterocycles. The number of aromatic nitrogens is 2. The normalized spacial score (nSPS) is 15.8. The predicted molar refractivity (Wildman–Crippen MR) is 65.6 cm³/mol. The number of hydrogen-bond donors (Lipinski definition) is 2. The van der Waals surface area contributed by atoms with Crippen LogP contribution in [-0.4, -0.2) is 29.3 Å². The van der Waals surface area contributed by atoms with Gasteiger partial charge in [-0.3, -0.25) is 0 Å². The molecule has 2 N–H and O–H groups in total. The maximum absolute atomic E-state index is 4.21. The summed E-state index contributed by atoms with van der Waals surface area (Å²) in [7, 11) is 0. The van der Waals surface area contributed by atoms with E-state index in [2.05, 4.69) is 26.9 Å². The molecule has 0 spiro atoms. The van der Waals surface area contributed by atoms with Crippen molar-refractivity contribution in [3.63, 3.8) is 0 Å². The second kappa shape index (κ2) is 4.19. The highest BCUT2D eigenvalue weighted by Gasteiger charge is 2.16. The third kappa shape index (κ3) is 1.91. The number of thiophene rings is 1. The molecule has 3 heterocycles. The van der Waals surface area contributed by atoms with E-state index < -0.39 is 0 Å². The van der Waals surface area contributed by atoms with Crippen molar-refractivity contribution in [1.29, 1.82) is 0 Å². The first-order valence-electron chi connectivity index (χ1n) is 5.27.